The standard InChI is InChI=1S/C61H52N6O/c1-9-11-20-48(59-64-55(43-21-14-12-15-22-43)62-57(66-59)45-33-29-39(3)30-34-45)37-41(5)42(6)53-51(10-2)61(7,8)52-28-19-27-50(54(52)68-53)47-25-18-26-49(38-47)60-65-56(44-23-16-13-17-24-44)63-58(67-60)46-35-31-40(4)32-36-46/h9-10,12-38H,1-2,6,11H2,3-5,7-8H3/b41-37+,48-20+. The van der Waals surface area contributed by atoms with Gasteiger partial charge < -0.3 is 4.74 Å². The minimum Gasteiger partial charge on any atom is -0.455 e. The average molecular weight is 885 g/mol. The fourth-order valence-electron chi connectivity index (χ4n) is 8.38. The van der Waals surface area contributed by atoms with Gasteiger partial charge in [0.05, 0.1) is 0 Å². The summed E-state index contributed by atoms with van der Waals surface area (Å²) in [6.07, 6.45) is 8.51. The summed E-state index contributed by atoms with van der Waals surface area (Å²) < 4.78 is 7.13. The number of nitrogens with zero attached hydrogens (tertiary/aromatic N) is 6. The fourth-order valence-corrected chi connectivity index (χ4v) is 8.38. The molecule has 7 nitrogen and oxygen atoms in total. The number of aryl methyl sites for hydroxylation is 2. The van der Waals surface area contributed by atoms with E-state index in [9.17, 15) is 0 Å². The van der Waals surface area contributed by atoms with Crippen molar-refractivity contribution in [1.29, 1.82) is 0 Å². The van der Waals surface area contributed by atoms with Gasteiger partial charge in [-0.2, -0.15) is 0 Å². The number of rotatable bonds is 13. The molecule has 0 unspecified atom stereocenters. The number of fused-ring (bicyclic) bond motifs is 1. The van der Waals surface area contributed by atoms with E-state index in [0.29, 0.717) is 52.7 Å². The molecule has 1 aliphatic rings. The van der Waals surface area contributed by atoms with Gasteiger partial charge in [0.1, 0.15) is 11.5 Å². The summed E-state index contributed by atoms with van der Waals surface area (Å²) in [7, 11) is 0. The highest BCUT2D eigenvalue weighted by molar-refractivity contribution is 5.80. The van der Waals surface area contributed by atoms with Gasteiger partial charge in [-0.05, 0) is 50.5 Å². The Bertz CT molecular complexity index is 3310. The molecule has 9 rings (SSSR count). The number of aromatic nitrogens is 6. The lowest BCUT2D eigenvalue weighted by atomic mass is 9.73. The molecule has 0 N–H and O–H groups in total. The van der Waals surface area contributed by atoms with E-state index in [-0.39, 0.29) is 0 Å². The van der Waals surface area contributed by atoms with Crippen LogP contribution in [0.4, 0.5) is 0 Å². The highest BCUT2D eigenvalue weighted by Gasteiger charge is 2.37. The number of benzene rings is 6. The first-order valence-corrected chi connectivity index (χ1v) is 22.8. The summed E-state index contributed by atoms with van der Waals surface area (Å²) in [5, 5.41) is 0. The minimum absolute atomic E-state index is 0.494. The molecule has 0 aliphatic carbocycles. The monoisotopic (exact) mass is 884 g/mol. The lowest BCUT2D eigenvalue weighted by Crippen LogP contribution is -2.28. The fraction of sp³-hybridized carbons (Fsp3) is 0.115. The van der Waals surface area contributed by atoms with Crippen LogP contribution in [-0.2, 0) is 5.41 Å². The van der Waals surface area contributed by atoms with E-state index >= 15 is 0 Å². The van der Waals surface area contributed by atoms with E-state index in [1.165, 1.54) is 5.56 Å². The van der Waals surface area contributed by atoms with E-state index in [0.717, 1.165) is 72.5 Å². The largest absolute Gasteiger partial charge is 0.455 e. The zero-order valence-electron chi connectivity index (χ0n) is 39.2. The zero-order chi connectivity index (χ0) is 47.4. The lowest BCUT2D eigenvalue weighted by molar-refractivity contribution is 0.384. The Morgan fingerprint density at radius 2 is 1.03 bits per heavy atom. The molecule has 68 heavy (non-hydrogen) atoms. The third-order valence-electron chi connectivity index (χ3n) is 12.3. The van der Waals surface area contributed by atoms with Gasteiger partial charge in [-0.25, -0.2) is 29.9 Å². The third-order valence-corrected chi connectivity index (χ3v) is 12.3. The molecule has 0 spiro atoms. The molecule has 0 amide bonds. The Kier molecular flexibility index (Phi) is 12.6. The zero-order valence-corrected chi connectivity index (χ0v) is 39.2. The highest BCUT2D eigenvalue weighted by Crippen LogP contribution is 2.50. The van der Waals surface area contributed by atoms with Crippen LogP contribution in [0.5, 0.6) is 5.75 Å². The van der Waals surface area contributed by atoms with Crippen LogP contribution in [0.3, 0.4) is 0 Å². The average Bonchev–Trinajstić information content (AvgIpc) is 3.37. The van der Waals surface area contributed by atoms with E-state index in [1.54, 1.807) is 0 Å². The number of para-hydroxylation sites is 1. The topological polar surface area (TPSA) is 86.6 Å². The predicted molar refractivity (Wildman–Crippen MR) is 278 cm³/mol. The van der Waals surface area contributed by atoms with Gasteiger partial charge in [0.25, 0.3) is 0 Å². The molecule has 1 aliphatic heterocycles. The van der Waals surface area contributed by atoms with E-state index in [4.69, 9.17) is 34.6 Å². The van der Waals surface area contributed by atoms with Crippen molar-refractivity contribution in [2.75, 3.05) is 0 Å². The van der Waals surface area contributed by atoms with Gasteiger partial charge in [-0.15, -0.1) is 6.58 Å². The second-order valence-electron chi connectivity index (χ2n) is 17.5. The summed E-state index contributed by atoms with van der Waals surface area (Å²) in [4.78, 5) is 30.1. The number of hydrogen-bond donors (Lipinski definition) is 0. The van der Waals surface area contributed by atoms with Crippen LogP contribution in [0.1, 0.15) is 49.7 Å². The molecule has 7 heteroatoms. The molecule has 0 fully saturated rings. The Balaban J connectivity index is 1.10. The van der Waals surface area contributed by atoms with Gasteiger partial charge in [-0.1, -0.05) is 202 Å². The first-order valence-electron chi connectivity index (χ1n) is 22.8. The number of ether oxygens (including phenoxy) is 1. The summed E-state index contributed by atoms with van der Waals surface area (Å²) >= 11 is 0. The van der Waals surface area contributed by atoms with Gasteiger partial charge >= 0.3 is 0 Å². The smallest absolute Gasteiger partial charge is 0.164 e. The molecule has 332 valence electrons. The molecule has 6 aromatic carbocycles. The van der Waals surface area contributed by atoms with Crippen molar-refractivity contribution in [3.05, 3.63) is 241 Å². The van der Waals surface area contributed by atoms with Crippen molar-refractivity contribution in [3.8, 4) is 73.8 Å². The van der Waals surface area contributed by atoms with Crippen molar-refractivity contribution >= 4 is 5.57 Å². The van der Waals surface area contributed by atoms with Crippen molar-refractivity contribution in [2.24, 2.45) is 0 Å². The van der Waals surface area contributed by atoms with E-state index in [2.05, 4.69) is 126 Å². The van der Waals surface area contributed by atoms with Crippen LogP contribution >= 0.6 is 0 Å². The molecule has 0 atom stereocenters. The maximum atomic E-state index is 7.13. The molecule has 0 bridgehead atoms. The van der Waals surface area contributed by atoms with Gasteiger partial charge in [0.2, 0.25) is 0 Å². The number of allylic oxidation sites excluding steroid dienone is 7. The molecule has 3 heterocycles. The molecule has 0 saturated heterocycles. The molecule has 2 aromatic heterocycles. The lowest BCUT2D eigenvalue weighted by Gasteiger charge is -2.37. The van der Waals surface area contributed by atoms with Gasteiger partial charge in [-0.3, -0.25) is 0 Å². The van der Waals surface area contributed by atoms with E-state index < -0.39 is 5.41 Å². The predicted octanol–water partition coefficient (Wildman–Crippen LogP) is 14.9. The van der Waals surface area contributed by atoms with Crippen molar-refractivity contribution in [3.63, 3.8) is 0 Å². The Morgan fingerprint density at radius 3 is 1.56 bits per heavy atom. The van der Waals surface area contributed by atoms with Gasteiger partial charge in [0.15, 0.2) is 34.9 Å². The Hall–Kier alpha value is -8.42. The third kappa shape index (κ3) is 9.20. The van der Waals surface area contributed by atoms with Crippen molar-refractivity contribution in [2.45, 2.75) is 46.5 Å². The Morgan fingerprint density at radius 1 is 0.559 bits per heavy atom. The van der Waals surface area contributed by atoms with Crippen LogP contribution in [-0.4, -0.2) is 29.9 Å². The maximum absolute atomic E-state index is 7.13. The summed E-state index contributed by atoms with van der Waals surface area (Å²) in [5.74, 6) is 4.90. The molecular weight excluding hydrogens is 833 g/mol. The van der Waals surface area contributed by atoms with Crippen LogP contribution in [0, 0.1) is 13.8 Å². The number of hydrogen-bond acceptors (Lipinski definition) is 7. The Labute approximate surface area is 399 Å². The second-order valence-corrected chi connectivity index (χ2v) is 17.5. The van der Waals surface area contributed by atoms with Crippen LogP contribution in [0.15, 0.2) is 218 Å². The van der Waals surface area contributed by atoms with Crippen molar-refractivity contribution < 1.29 is 4.74 Å². The molecular formula is C61H52N6O. The minimum atomic E-state index is -0.494. The summed E-state index contributed by atoms with van der Waals surface area (Å²) in [6, 6.07) is 51.1. The van der Waals surface area contributed by atoms with Crippen LogP contribution in [0.2, 0.25) is 0 Å². The normalized spacial score (nSPS) is 13.4. The molecule has 8 aromatic rings. The quantitative estimate of drug-likeness (QED) is 0.0842. The molecule has 0 saturated carbocycles. The highest BCUT2D eigenvalue weighted by atomic mass is 16.5. The summed E-state index contributed by atoms with van der Waals surface area (Å²) in [5.41, 5.74) is 12.6. The first-order chi connectivity index (χ1) is 33.0. The first kappa shape index (κ1) is 44.8. The van der Waals surface area contributed by atoms with Gasteiger partial charge in [0, 0.05) is 61.1 Å². The second kappa shape index (κ2) is 19.2. The molecule has 0 radical (unpaired) electrons. The van der Waals surface area contributed by atoms with Crippen LogP contribution < -0.4 is 4.74 Å². The maximum Gasteiger partial charge on any atom is 0.164 e. The van der Waals surface area contributed by atoms with Crippen LogP contribution in [0.25, 0.3) is 73.6 Å². The van der Waals surface area contributed by atoms with Crippen molar-refractivity contribution in [1.82, 2.24) is 29.9 Å². The summed E-state index contributed by atoms with van der Waals surface area (Å²) in [6.45, 7) is 23.6. The van der Waals surface area contributed by atoms with E-state index in [1.807, 2.05) is 104 Å². The SMILES string of the molecule is C=CC/C=C(\C=C(/C)C(=C)C1=C(C=C)C(C)(C)c2cccc(-c3cccc(-c4nc(-c5ccccc5)nc(-c5ccc(C)cc5)n4)c3)c2O1)c1nc(-c2ccccc2)nc(-c2ccc(C)cc2)n1.